The fourth-order valence-corrected chi connectivity index (χ4v) is 1.43. The Hall–Kier alpha value is -1.10. The smallest absolute Gasteiger partial charge is 0.121 e. The molecule has 17 heavy (non-hydrogen) atoms. The molecule has 0 aromatic heterocycles. The van der Waals surface area contributed by atoms with Crippen molar-refractivity contribution in [2.24, 2.45) is 0 Å². The van der Waals surface area contributed by atoms with Gasteiger partial charge in [-0.25, -0.2) is 0 Å². The van der Waals surface area contributed by atoms with Gasteiger partial charge >= 0.3 is 0 Å². The minimum atomic E-state index is -0.693. The summed E-state index contributed by atoms with van der Waals surface area (Å²) in [6.45, 7) is 7.82. The predicted octanol–water partition coefficient (Wildman–Crippen LogP) is 1.12. The summed E-state index contributed by atoms with van der Waals surface area (Å²) < 4.78 is 0. The van der Waals surface area contributed by atoms with E-state index in [-0.39, 0.29) is 17.9 Å². The third-order valence-electron chi connectivity index (χ3n) is 2.43. The Morgan fingerprint density at radius 3 is 2.59 bits per heavy atom. The number of nitrogens with one attached hydrogen (secondary N) is 1. The topological polar surface area (TPSA) is 72.7 Å². The summed E-state index contributed by atoms with van der Waals surface area (Å²) in [5.74, 6) is 0.0360. The van der Waals surface area contributed by atoms with Crippen molar-refractivity contribution in [1.29, 1.82) is 0 Å². The molecule has 1 atom stereocenters. The highest BCUT2D eigenvalue weighted by Gasteiger charge is 2.14. The van der Waals surface area contributed by atoms with Gasteiger partial charge in [-0.1, -0.05) is 6.07 Å². The van der Waals surface area contributed by atoms with E-state index >= 15 is 0 Å². The van der Waals surface area contributed by atoms with Gasteiger partial charge in [-0.05, 0) is 38.5 Å². The van der Waals surface area contributed by atoms with Crippen LogP contribution in [0.4, 0.5) is 0 Å². The lowest BCUT2D eigenvalue weighted by atomic mass is 10.0. The Morgan fingerprint density at radius 1 is 1.41 bits per heavy atom. The number of rotatable bonds is 5. The molecule has 0 aliphatic rings. The van der Waals surface area contributed by atoms with Crippen molar-refractivity contribution in [3.05, 3.63) is 36.2 Å². The molecular formula is C13H20NO3. The maximum absolute atomic E-state index is 9.94. The van der Waals surface area contributed by atoms with Crippen molar-refractivity contribution in [3.63, 3.8) is 0 Å². The molecule has 1 unspecified atom stereocenters. The van der Waals surface area contributed by atoms with Crippen molar-refractivity contribution in [2.75, 3.05) is 6.54 Å². The van der Waals surface area contributed by atoms with E-state index in [4.69, 9.17) is 5.11 Å². The fraction of sp³-hybridized carbons (Fsp3) is 0.462. The molecule has 1 aromatic rings. The molecule has 1 radical (unpaired) electrons. The van der Waals surface area contributed by atoms with E-state index in [2.05, 4.69) is 12.2 Å². The monoisotopic (exact) mass is 238 g/mol. The van der Waals surface area contributed by atoms with Gasteiger partial charge in [-0.2, -0.15) is 0 Å². The van der Waals surface area contributed by atoms with Crippen molar-refractivity contribution in [2.45, 2.75) is 32.1 Å². The first-order valence-corrected chi connectivity index (χ1v) is 5.54. The lowest BCUT2D eigenvalue weighted by Crippen LogP contribution is -2.38. The van der Waals surface area contributed by atoms with Crippen LogP contribution in [0.5, 0.6) is 5.75 Å². The number of benzene rings is 1. The average molecular weight is 238 g/mol. The van der Waals surface area contributed by atoms with Gasteiger partial charge in [0.1, 0.15) is 5.75 Å². The molecule has 4 heteroatoms. The summed E-state index contributed by atoms with van der Waals surface area (Å²) in [5.41, 5.74) is 0.761. The van der Waals surface area contributed by atoms with Crippen LogP contribution in [-0.2, 0) is 6.61 Å². The molecule has 0 bridgehead atoms. The Balaban J connectivity index is 2.72. The van der Waals surface area contributed by atoms with E-state index in [1.165, 1.54) is 6.07 Å². The van der Waals surface area contributed by atoms with Crippen LogP contribution in [0.2, 0.25) is 0 Å². The Kier molecular flexibility index (Phi) is 4.51. The van der Waals surface area contributed by atoms with E-state index in [1.807, 2.05) is 13.8 Å². The number of aliphatic hydroxyl groups is 2. The average Bonchev–Trinajstić information content (AvgIpc) is 2.25. The van der Waals surface area contributed by atoms with Crippen molar-refractivity contribution < 1.29 is 15.3 Å². The number of hydrogen-bond acceptors (Lipinski definition) is 4. The number of phenols is 1. The summed E-state index contributed by atoms with van der Waals surface area (Å²) in [4.78, 5) is 0. The normalized spacial score (nSPS) is 13.7. The van der Waals surface area contributed by atoms with E-state index in [1.54, 1.807) is 12.1 Å². The highest BCUT2D eigenvalue weighted by molar-refractivity contribution is 5.36. The molecule has 0 aliphatic heterocycles. The summed E-state index contributed by atoms with van der Waals surface area (Å²) in [7, 11) is 0. The maximum atomic E-state index is 9.94. The maximum Gasteiger partial charge on any atom is 0.121 e. The van der Waals surface area contributed by atoms with Crippen LogP contribution in [0.1, 0.15) is 31.1 Å². The Morgan fingerprint density at radius 2 is 2.06 bits per heavy atom. The van der Waals surface area contributed by atoms with Gasteiger partial charge in [0.2, 0.25) is 0 Å². The summed E-state index contributed by atoms with van der Waals surface area (Å²) >= 11 is 0. The Bertz CT molecular complexity index is 371. The third kappa shape index (κ3) is 4.34. The third-order valence-corrected chi connectivity index (χ3v) is 2.43. The van der Waals surface area contributed by atoms with E-state index in [0.717, 1.165) is 0 Å². The van der Waals surface area contributed by atoms with E-state index in [9.17, 15) is 10.2 Å². The minimum absolute atomic E-state index is 0.0360. The van der Waals surface area contributed by atoms with Gasteiger partial charge in [0.15, 0.2) is 0 Å². The lowest BCUT2D eigenvalue weighted by molar-refractivity contribution is 0.165. The molecular weight excluding hydrogens is 218 g/mol. The van der Waals surface area contributed by atoms with E-state index in [0.29, 0.717) is 17.7 Å². The molecule has 0 amide bonds. The molecule has 4 nitrogen and oxygen atoms in total. The standard InChI is InChI=1S/C13H20NO3/c1-13(2,3)14-7-12(17)9-4-5-11(16)10(6-9)8-15/h4-6,12,14-17H,1,7-8H2,2-3H3. The molecule has 95 valence electrons. The molecule has 0 aliphatic carbocycles. The van der Waals surface area contributed by atoms with Gasteiger partial charge in [-0.3, -0.25) is 0 Å². The number of aliphatic hydroxyl groups excluding tert-OH is 2. The van der Waals surface area contributed by atoms with Crippen molar-refractivity contribution in [3.8, 4) is 5.75 Å². The largest absolute Gasteiger partial charge is 0.508 e. The molecule has 4 N–H and O–H groups in total. The quantitative estimate of drug-likeness (QED) is 0.620. The molecule has 0 saturated carbocycles. The zero-order chi connectivity index (χ0) is 13.1. The van der Waals surface area contributed by atoms with Crippen molar-refractivity contribution in [1.82, 2.24) is 5.32 Å². The highest BCUT2D eigenvalue weighted by Crippen LogP contribution is 2.22. The van der Waals surface area contributed by atoms with Gasteiger partial charge in [0.25, 0.3) is 0 Å². The first-order chi connectivity index (χ1) is 7.83. The predicted molar refractivity (Wildman–Crippen MR) is 66.4 cm³/mol. The SMILES string of the molecule is [CH2]C(C)(C)NCC(O)c1ccc(O)c(CO)c1. The first-order valence-electron chi connectivity index (χ1n) is 5.54. The van der Waals surface area contributed by atoms with Crippen LogP contribution >= 0.6 is 0 Å². The summed E-state index contributed by atoms with van der Waals surface area (Å²) in [6, 6.07) is 4.70. The number of aromatic hydroxyl groups is 1. The lowest BCUT2D eigenvalue weighted by Gasteiger charge is -2.23. The molecule has 0 heterocycles. The second-order valence-corrected chi connectivity index (χ2v) is 4.83. The van der Waals surface area contributed by atoms with Gasteiger partial charge < -0.3 is 20.6 Å². The summed E-state index contributed by atoms with van der Waals surface area (Å²) in [5, 5.41) is 31.5. The van der Waals surface area contributed by atoms with Gasteiger partial charge in [0, 0.05) is 17.6 Å². The number of hydrogen-bond donors (Lipinski definition) is 4. The summed E-state index contributed by atoms with van der Waals surface area (Å²) in [6.07, 6.45) is -0.693. The minimum Gasteiger partial charge on any atom is -0.508 e. The van der Waals surface area contributed by atoms with Gasteiger partial charge in [-0.15, -0.1) is 0 Å². The zero-order valence-corrected chi connectivity index (χ0v) is 10.3. The Labute approximate surface area is 102 Å². The van der Waals surface area contributed by atoms with Crippen LogP contribution < -0.4 is 5.32 Å². The van der Waals surface area contributed by atoms with Crippen LogP contribution in [-0.4, -0.2) is 27.4 Å². The molecule has 0 spiro atoms. The van der Waals surface area contributed by atoms with Crippen LogP contribution in [0.25, 0.3) is 0 Å². The van der Waals surface area contributed by atoms with E-state index < -0.39 is 6.10 Å². The molecule has 0 fully saturated rings. The first kappa shape index (κ1) is 14.0. The van der Waals surface area contributed by atoms with Crippen molar-refractivity contribution >= 4 is 0 Å². The zero-order valence-electron chi connectivity index (χ0n) is 10.3. The molecule has 1 aromatic carbocycles. The van der Waals surface area contributed by atoms with Crippen LogP contribution in [0, 0.1) is 6.92 Å². The second-order valence-electron chi connectivity index (χ2n) is 4.83. The fourth-order valence-electron chi connectivity index (χ4n) is 1.43. The number of β-amino-alcohol motifs (C(OH)–C–C–N with tert-alkyl or cyclic N) is 1. The molecule has 1 rings (SSSR count). The second kappa shape index (κ2) is 5.49. The van der Waals surface area contributed by atoms with Crippen LogP contribution in [0.3, 0.4) is 0 Å². The highest BCUT2D eigenvalue weighted by atomic mass is 16.3. The van der Waals surface area contributed by atoms with Gasteiger partial charge in [0.05, 0.1) is 12.7 Å². The van der Waals surface area contributed by atoms with Crippen LogP contribution in [0.15, 0.2) is 18.2 Å². The molecule has 0 saturated heterocycles.